The molecule has 4 heteroatoms. The highest BCUT2D eigenvalue weighted by molar-refractivity contribution is 6.31. The van der Waals surface area contributed by atoms with Gasteiger partial charge in [0.2, 0.25) is 5.91 Å². The number of hydrogen-bond acceptors (Lipinski definition) is 2. The van der Waals surface area contributed by atoms with Crippen LogP contribution in [0, 0.1) is 11.8 Å². The maximum absolute atomic E-state index is 12.9. The van der Waals surface area contributed by atoms with E-state index in [4.69, 9.17) is 11.6 Å². The number of hydrogen-bond donors (Lipinski definition) is 1. The Balaban J connectivity index is 1.81. The van der Waals surface area contributed by atoms with E-state index in [1.54, 1.807) is 0 Å². The zero-order valence-electron chi connectivity index (χ0n) is 12.0. The second-order valence-corrected chi connectivity index (χ2v) is 6.90. The molecular weight excluding hydrogens is 272 g/mol. The van der Waals surface area contributed by atoms with Crippen molar-refractivity contribution in [1.82, 2.24) is 10.2 Å². The second-order valence-electron chi connectivity index (χ2n) is 6.49. The molecule has 0 aliphatic carbocycles. The number of rotatable bonds is 2. The van der Waals surface area contributed by atoms with Crippen molar-refractivity contribution in [3.63, 3.8) is 0 Å². The van der Waals surface area contributed by atoms with Gasteiger partial charge in [-0.2, -0.15) is 0 Å². The largest absolute Gasteiger partial charge is 0.341 e. The molecule has 0 aromatic heterocycles. The molecule has 0 spiro atoms. The standard InChI is InChI=1S/C16H21ClN2O/c1-16(2,13-5-3-4-6-14(13)17)15(20)19-9-11-7-18-8-12(11)10-19/h3-6,11-12,18H,7-10H2,1-2H3/t11-,12+. The Bertz CT molecular complexity index is 517. The van der Waals surface area contributed by atoms with Gasteiger partial charge in [-0.1, -0.05) is 29.8 Å². The Hall–Kier alpha value is -1.06. The summed E-state index contributed by atoms with van der Waals surface area (Å²) in [6, 6.07) is 7.66. The van der Waals surface area contributed by atoms with Crippen molar-refractivity contribution in [2.45, 2.75) is 19.3 Å². The van der Waals surface area contributed by atoms with Gasteiger partial charge in [-0.25, -0.2) is 0 Å². The summed E-state index contributed by atoms with van der Waals surface area (Å²) >= 11 is 6.27. The minimum Gasteiger partial charge on any atom is -0.341 e. The van der Waals surface area contributed by atoms with Gasteiger partial charge >= 0.3 is 0 Å². The van der Waals surface area contributed by atoms with E-state index in [0.717, 1.165) is 31.7 Å². The number of amides is 1. The maximum Gasteiger partial charge on any atom is 0.232 e. The highest BCUT2D eigenvalue weighted by atomic mass is 35.5. The lowest BCUT2D eigenvalue weighted by atomic mass is 9.83. The molecule has 2 aliphatic heterocycles. The Morgan fingerprint density at radius 1 is 1.25 bits per heavy atom. The van der Waals surface area contributed by atoms with Crippen LogP contribution in [-0.2, 0) is 10.2 Å². The molecule has 2 heterocycles. The first-order valence-electron chi connectivity index (χ1n) is 7.25. The Morgan fingerprint density at radius 2 is 1.85 bits per heavy atom. The van der Waals surface area contributed by atoms with Gasteiger partial charge in [0.1, 0.15) is 0 Å². The fourth-order valence-corrected chi connectivity index (χ4v) is 3.87. The summed E-state index contributed by atoms with van der Waals surface area (Å²) in [6.45, 7) is 7.79. The summed E-state index contributed by atoms with van der Waals surface area (Å²) in [5.41, 5.74) is 0.353. The van der Waals surface area contributed by atoms with E-state index in [-0.39, 0.29) is 5.91 Å². The van der Waals surface area contributed by atoms with E-state index in [2.05, 4.69) is 5.32 Å². The van der Waals surface area contributed by atoms with Gasteiger partial charge in [-0.05, 0) is 37.3 Å². The number of fused-ring (bicyclic) bond motifs is 1. The van der Waals surface area contributed by atoms with Gasteiger partial charge in [0.15, 0.2) is 0 Å². The average molecular weight is 293 g/mol. The van der Waals surface area contributed by atoms with E-state index in [1.165, 1.54) is 0 Å². The first-order valence-corrected chi connectivity index (χ1v) is 7.63. The SMILES string of the molecule is CC(C)(C(=O)N1C[C@H]2CNC[C@H]2C1)c1ccccc1Cl. The summed E-state index contributed by atoms with van der Waals surface area (Å²) in [6.07, 6.45) is 0. The fourth-order valence-electron chi connectivity index (χ4n) is 3.50. The molecule has 3 rings (SSSR count). The lowest BCUT2D eigenvalue weighted by molar-refractivity contribution is -0.135. The number of halogens is 1. The van der Waals surface area contributed by atoms with Crippen molar-refractivity contribution in [2.75, 3.05) is 26.2 Å². The van der Waals surface area contributed by atoms with E-state index in [9.17, 15) is 4.79 Å². The molecule has 0 radical (unpaired) electrons. The van der Waals surface area contributed by atoms with E-state index < -0.39 is 5.41 Å². The third-order valence-electron chi connectivity index (χ3n) is 4.76. The van der Waals surface area contributed by atoms with Gasteiger partial charge in [0.05, 0.1) is 5.41 Å². The van der Waals surface area contributed by atoms with Crippen LogP contribution in [-0.4, -0.2) is 37.0 Å². The molecule has 2 atom stereocenters. The Kier molecular flexibility index (Phi) is 3.51. The lowest BCUT2D eigenvalue weighted by Gasteiger charge is -2.31. The average Bonchev–Trinajstić information content (AvgIpc) is 2.98. The molecule has 2 fully saturated rings. The minimum absolute atomic E-state index is 0.194. The van der Waals surface area contributed by atoms with Crippen molar-refractivity contribution in [3.8, 4) is 0 Å². The predicted molar refractivity (Wildman–Crippen MR) is 80.9 cm³/mol. The number of nitrogens with one attached hydrogen (secondary N) is 1. The molecule has 20 heavy (non-hydrogen) atoms. The van der Waals surface area contributed by atoms with Crippen LogP contribution in [0.3, 0.4) is 0 Å². The van der Waals surface area contributed by atoms with Crippen LogP contribution in [0.1, 0.15) is 19.4 Å². The van der Waals surface area contributed by atoms with Crippen molar-refractivity contribution >= 4 is 17.5 Å². The van der Waals surface area contributed by atoms with Crippen LogP contribution in [0.2, 0.25) is 5.02 Å². The Labute approximate surface area is 125 Å². The first kappa shape index (κ1) is 13.9. The first-order chi connectivity index (χ1) is 9.50. The highest BCUT2D eigenvalue weighted by Crippen LogP contribution is 2.34. The molecule has 1 N–H and O–H groups in total. The minimum atomic E-state index is -0.565. The quantitative estimate of drug-likeness (QED) is 0.907. The topological polar surface area (TPSA) is 32.3 Å². The third kappa shape index (κ3) is 2.23. The monoisotopic (exact) mass is 292 g/mol. The van der Waals surface area contributed by atoms with Crippen LogP contribution in [0.15, 0.2) is 24.3 Å². The number of nitrogens with zero attached hydrogens (tertiary/aromatic N) is 1. The van der Waals surface area contributed by atoms with E-state index in [0.29, 0.717) is 16.9 Å². The summed E-state index contributed by atoms with van der Waals surface area (Å²) in [5.74, 6) is 1.45. The van der Waals surface area contributed by atoms with Crippen molar-refractivity contribution < 1.29 is 4.79 Å². The second kappa shape index (κ2) is 5.05. The maximum atomic E-state index is 12.9. The predicted octanol–water partition coefficient (Wildman–Crippen LogP) is 2.30. The smallest absolute Gasteiger partial charge is 0.232 e. The van der Waals surface area contributed by atoms with Crippen LogP contribution >= 0.6 is 11.6 Å². The number of carbonyl (C=O) groups excluding carboxylic acids is 1. The van der Waals surface area contributed by atoms with Crippen molar-refractivity contribution in [3.05, 3.63) is 34.9 Å². The van der Waals surface area contributed by atoms with Gasteiger partial charge in [0.25, 0.3) is 0 Å². The number of likely N-dealkylation sites (tertiary alicyclic amines) is 1. The summed E-state index contributed by atoms with van der Waals surface area (Å²) in [4.78, 5) is 14.9. The van der Waals surface area contributed by atoms with Crippen LogP contribution in [0.25, 0.3) is 0 Å². The molecule has 1 aromatic rings. The normalized spacial score (nSPS) is 25.9. The van der Waals surface area contributed by atoms with Crippen LogP contribution in [0.5, 0.6) is 0 Å². The van der Waals surface area contributed by atoms with Gasteiger partial charge < -0.3 is 10.2 Å². The molecule has 3 nitrogen and oxygen atoms in total. The van der Waals surface area contributed by atoms with E-state index >= 15 is 0 Å². The molecule has 0 unspecified atom stereocenters. The molecule has 1 aromatic carbocycles. The van der Waals surface area contributed by atoms with Gasteiger partial charge in [0, 0.05) is 31.2 Å². The molecule has 2 saturated heterocycles. The molecule has 2 aliphatic rings. The van der Waals surface area contributed by atoms with Crippen molar-refractivity contribution in [1.29, 1.82) is 0 Å². The summed E-state index contributed by atoms with van der Waals surface area (Å²) < 4.78 is 0. The zero-order valence-corrected chi connectivity index (χ0v) is 12.8. The molecule has 0 bridgehead atoms. The summed E-state index contributed by atoms with van der Waals surface area (Å²) in [5, 5.41) is 4.08. The van der Waals surface area contributed by atoms with Gasteiger partial charge in [-0.3, -0.25) is 4.79 Å². The molecule has 1 amide bonds. The summed E-state index contributed by atoms with van der Waals surface area (Å²) in [7, 11) is 0. The van der Waals surface area contributed by atoms with Crippen LogP contribution in [0.4, 0.5) is 0 Å². The Morgan fingerprint density at radius 3 is 2.45 bits per heavy atom. The van der Waals surface area contributed by atoms with Crippen LogP contribution < -0.4 is 5.32 Å². The number of carbonyl (C=O) groups is 1. The molecule has 0 saturated carbocycles. The van der Waals surface area contributed by atoms with E-state index in [1.807, 2.05) is 43.0 Å². The fraction of sp³-hybridized carbons (Fsp3) is 0.562. The highest BCUT2D eigenvalue weighted by Gasteiger charge is 2.43. The zero-order chi connectivity index (χ0) is 14.3. The third-order valence-corrected chi connectivity index (χ3v) is 5.09. The van der Waals surface area contributed by atoms with Gasteiger partial charge in [-0.15, -0.1) is 0 Å². The lowest BCUT2D eigenvalue weighted by Crippen LogP contribution is -2.43. The van der Waals surface area contributed by atoms with Crippen molar-refractivity contribution in [2.24, 2.45) is 11.8 Å². The molecular formula is C16H21ClN2O. The number of benzene rings is 1. The molecule has 108 valence electrons.